The van der Waals surface area contributed by atoms with E-state index in [-0.39, 0.29) is 35.2 Å². The molecule has 36 heavy (non-hydrogen) atoms. The molecule has 196 valence electrons. The standard InChI is InChI=1S/C31H43N3O.ClH/c1-8-9-15-28(34-17-16-33(23-34)22-24-13-11-10-12-14-24)29(35)32-21-25-18-26(30(2,3)4)20-27(19-25)31(5,6)7;/h10-14,16-20,23,28H,8-9,15,21-22H2,1-7H3;1H/t28-;/m0./s1. The fraction of sp³-hybridized carbons (Fsp3) is 0.484. The second-order valence-corrected chi connectivity index (χ2v) is 11.8. The van der Waals surface area contributed by atoms with Gasteiger partial charge in [-0.05, 0) is 45.9 Å². The molecule has 1 amide bonds. The number of nitrogens with one attached hydrogen (secondary N) is 1. The molecule has 4 nitrogen and oxygen atoms in total. The van der Waals surface area contributed by atoms with Crippen LogP contribution in [0.3, 0.4) is 0 Å². The Morgan fingerprint density at radius 3 is 2.11 bits per heavy atom. The maximum Gasteiger partial charge on any atom is 0.265 e. The molecule has 0 saturated carbocycles. The number of unbranched alkanes of at least 4 members (excludes halogenated alkanes) is 1. The Kier molecular flexibility index (Phi) is 10.4. The SMILES string of the molecule is CCCC[C@@H](C(=O)NCc1cc(C(C)(C)C)cc(C(C)(C)C)c1)n1cc[n+](Cc2ccccc2)c1.[Cl-]. The molecule has 1 heterocycles. The summed E-state index contributed by atoms with van der Waals surface area (Å²) < 4.78 is 4.21. The summed E-state index contributed by atoms with van der Waals surface area (Å²) in [7, 11) is 0. The van der Waals surface area contributed by atoms with E-state index in [1.165, 1.54) is 16.7 Å². The molecule has 5 heteroatoms. The highest BCUT2D eigenvalue weighted by Crippen LogP contribution is 2.30. The van der Waals surface area contributed by atoms with Crippen LogP contribution in [-0.2, 0) is 28.7 Å². The topological polar surface area (TPSA) is 37.9 Å². The molecule has 0 unspecified atom stereocenters. The monoisotopic (exact) mass is 509 g/mol. The van der Waals surface area contributed by atoms with Crippen molar-refractivity contribution in [2.75, 3.05) is 0 Å². The average molecular weight is 510 g/mol. The van der Waals surface area contributed by atoms with E-state index in [9.17, 15) is 4.79 Å². The van der Waals surface area contributed by atoms with E-state index in [2.05, 4.69) is 118 Å². The zero-order chi connectivity index (χ0) is 25.6. The van der Waals surface area contributed by atoms with Crippen LogP contribution in [0.1, 0.15) is 96.0 Å². The number of hydrogen-bond acceptors (Lipinski definition) is 1. The number of carbonyl (C=O) groups is 1. The minimum atomic E-state index is -0.208. The highest BCUT2D eigenvalue weighted by atomic mass is 35.5. The van der Waals surface area contributed by atoms with Crippen molar-refractivity contribution >= 4 is 5.91 Å². The second-order valence-electron chi connectivity index (χ2n) is 11.8. The predicted octanol–water partition coefficient (Wildman–Crippen LogP) is 3.47. The number of imidazole rings is 1. The number of amides is 1. The van der Waals surface area contributed by atoms with Gasteiger partial charge in [0.15, 0.2) is 6.04 Å². The minimum absolute atomic E-state index is 0. The first-order chi connectivity index (χ1) is 16.5. The summed E-state index contributed by atoms with van der Waals surface area (Å²) in [6.45, 7) is 17.0. The first kappa shape index (κ1) is 29.6. The first-order valence-electron chi connectivity index (χ1n) is 13.0. The minimum Gasteiger partial charge on any atom is -1.00 e. The molecule has 0 spiro atoms. The fourth-order valence-corrected chi connectivity index (χ4v) is 4.26. The third-order valence-corrected chi connectivity index (χ3v) is 6.61. The third-order valence-electron chi connectivity index (χ3n) is 6.61. The van der Waals surface area contributed by atoms with Crippen LogP contribution in [0.4, 0.5) is 0 Å². The summed E-state index contributed by atoms with van der Waals surface area (Å²) in [6.07, 6.45) is 9.06. The van der Waals surface area contributed by atoms with Gasteiger partial charge in [0.05, 0.1) is 0 Å². The van der Waals surface area contributed by atoms with E-state index in [1.54, 1.807) is 0 Å². The molecule has 0 bridgehead atoms. The van der Waals surface area contributed by atoms with Gasteiger partial charge in [-0.3, -0.25) is 4.79 Å². The van der Waals surface area contributed by atoms with Crippen LogP contribution in [0.2, 0.25) is 0 Å². The van der Waals surface area contributed by atoms with Gasteiger partial charge in [0, 0.05) is 6.54 Å². The Labute approximate surface area is 224 Å². The van der Waals surface area contributed by atoms with Gasteiger partial charge in [-0.1, -0.05) is 103 Å². The molecule has 0 aliphatic carbocycles. The zero-order valence-electron chi connectivity index (χ0n) is 23.1. The van der Waals surface area contributed by atoms with E-state index < -0.39 is 0 Å². The molecule has 0 radical (unpaired) electrons. The van der Waals surface area contributed by atoms with Gasteiger partial charge in [-0.15, -0.1) is 0 Å². The number of rotatable bonds is 9. The zero-order valence-corrected chi connectivity index (χ0v) is 23.9. The number of hydrogen-bond donors (Lipinski definition) is 1. The van der Waals surface area contributed by atoms with E-state index in [0.717, 1.165) is 31.4 Å². The van der Waals surface area contributed by atoms with Gasteiger partial charge in [-0.2, -0.15) is 0 Å². The van der Waals surface area contributed by atoms with Gasteiger partial charge in [0.2, 0.25) is 6.33 Å². The second kappa shape index (κ2) is 12.6. The van der Waals surface area contributed by atoms with Crippen LogP contribution in [-0.4, -0.2) is 10.5 Å². The Morgan fingerprint density at radius 2 is 1.56 bits per heavy atom. The summed E-state index contributed by atoms with van der Waals surface area (Å²) in [5.74, 6) is 0.0828. The molecule has 1 atom stereocenters. The van der Waals surface area contributed by atoms with Crippen molar-refractivity contribution in [2.24, 2.45) is 0 Å². The Balaban J connectivity index is 0.00000456. The first-order valence-corrected chi connectivity index (χ1v) is 13.0. The molecule has 0 aliphatic heterocycles. The van der Waals surface area contributed by atoms with Crippen LogP contribution in [0.25, 0.3) is 0 Å². The number of benzene rings is 2. The van der Waals surface area contributed by atoms with Gasteiger partial charge in [0.25, 0.3) is 5.91 Å². The molecule has 3 rings (SSSR count). The number of aromatic nitrogens is 2. The highest BCUT2D eigenvalue weighted by molar-refractivity contribution is 5.80. The molecule has 2 aromatic carbocycles. The van der Waals surface area contributed by atoms with E-state index in [0.29, 0.717) is 6.54 Å². The summed E-state index contributed by atoms with van der Waals surface area (Å²) in [5.41, 5.74) is 5.14. The molecule has 0 saturated heterocycles. The van der Waals surface area contributed by atoms with Crippen LogP contribution in [0, 0.1) is 0 Å². The van der Waals surface area contributed by atoms with Crippen molar-refractivity contribution in [2.45, 2.75) is 97.7 Å². The van der Waals surface area contributed by atoms with Crippen LogP contribution in [0.15, 0.2) is 67.3 Å². The van der Waals surface area contributed by atoms with E-state index in [4.69, 9.17) is 0 Å². The number of carbonyl (C=O) groups excluding carboxylic acids is 1. The van der Waals surface area contributed by atoms with Crippen molar-refractivity contribution in [1.82, 2.24) is 9.88 Å². The van der Waals surface area contributed by atoms with Crippen LogP contribution < -0.4 is 22.3 Å². The molecule has 1 aromatic heterocycles. The van der Waals surface area contributed by atoms with Gasteiger partial charge in [-0.25, -0.2) is 9.13 Å². The van der Waals surface area contributed by atoms with Gasteiger partial charge in [0.1, 0.15) is 18.9 Å². The average Bonchev–Trinajstić information content (AvgIpc) is 3.25. The summed E-state index contributed by atoms with van der Waals surface area (Å²) in [6, 6.07) is 17.0. The van der Waals surface area contributed by atoms with Gasteiger partial charge >= 0.3 is 0 Å². The van der Waals surface area contributed by atoms with Crippen molar-refractivity contribution < 1.29 is 21.8 Å². The number of nitrogens with zero attached hydrogens (tertiary/aromatic N) is 2. The lowest BCUT2D eigenvalue weighted by Gasteiger charge is -2.26. The Bertz CT molecular complexity index is 1070. The largest absolute Gasteiger partial charge is 1.00 e. The fourth-order valence-electron chi connectivity index (χ4n) is 4.26. The van der Waals surface area contributed by atoms with E-state index >= 15 is 0 Å². The Morgan fingerprint density at radius 1 is 0.944 bits per heavy atom. The predicted molar refractivity (Wildman–Crippen MR) is 144 cm³/mol. The van der Waals surface area contributed by atoms with Crippen molar-refractivity contribution in [3.63, 3.8) is 0 Å². The quantitative estimate of drug-likeness (QED) is 0.441. The van der Waals surface area contributed by atoms with Crippen LogP contribution in [0.5, 0.6) is 0 Å². The van der Waals surface area contributed by atoms with Crippen molar-refractivity contribution in [3.05, 3.63) is 89.5 Å². The summed E-state index contributed by atoms with van der Waals surface area (Å²) in [4.78, 5) is 13.4. The lowest BCUT2D eigenvalue weighted by molar-refractivity contribution is -0.687. The smallest absolute Gasteiger partial charge is 0.265 e. The van der Waals surface area contributed by atoms with E-state index in [1.807, 2.05) is 12.3 Å². The Hall–Kier alpha value is -2.59. The normalized spacial score (nSPS) is 12.6. The van der Waals surface area contributed by atoms with Gasteiger partial charge < -0.3 is 17.7 Å². The molecular formula is C31H44ClN3O. The summed E-state index contributed by atoms with van der Waals surface area (Å²) in [5, 5.41) is 3.25. The molecule has 0 aliphatic rings. The third kappa shape index (κ3) is 8.23. The number of halogens is 1. The highest BCUT2D eigenvalue weighted by Gasteiger charge is 2.26. The summed E-state index contributed by atoms with van der Waals surface area (Å²) >= 11 is 0. The molecule has 0 fully saturated rings. The molecule has 3 aromatic rings. The lowest BCUT2D eigenvalue weighted by atomic mass is 9.79. The molecular weight excluding hydrogens is 466 g/mol. The van der Waals surface area contributed by atoms with Crippen molar-refractivity contribution in [1.29, 1.82) is 0 Å². The maximum atomic E-state index is 13.4. The van der Waals surface area contributed by atoms with Crippen LogP contribution >= 0.6 is 0 Å². The molecule has 1 N–H and O–H groups in total. The lowest BCUT2D eigenvalue weighted by Crippen LogP contribution is -3.00. The maximum absolute atomic E-state index is 13.4. The van der Waals surface area contributed by atoms with Crippen molar-refractivity contribution in [3.8, 4) is 0 Å².